The molecule has 1 aliphatic heterocycles. The zero-order valence-electron chi connectivity index (χ0n) is 13.1. The molecule has 1 heterocycles. The molecule has 0 saturated heterocycles. The third-order valence-corrected chi connectivity index (χ3v) is 6.41. The molecule has 0 aromatic heterocycles. The Morgan fingerprint density at radius 3 is 2.59 bits per heavy atom. The summed E-state index contributed by atoms with van der Waals surface area (Å²) in [6.45, 7) is 3.48. The van der Waals surface area contributed by atoms with Crippen molar-refractivity contribution in [1.82, 2.24) is 4.31 Å². The van der Waals surface area contributed by atoms with Crippen molar-refractivity contribution in [2.24, 2.45) is 11.8 Å². The minimum absolute atomic E-state index is 0.235. The van der Waals surface area contributed by atoms with E-state index >= 15 is 0 Å². The van der Waals surface area contributed by atoms with Gasteiger partial charge < -0.3 is 9.47 Å². The number of rotatable bonds is 6. The molecule has 22 heavy (non-hydrogen) atoms. The van der Waals surface area contributed by atoms with E-state index < -0.39 is 10.0 Å². The first-order chi connectivity index (χ1) is 10.5. The van der Waals surface area contributed by atoms with Crippen LogP contribution in [0.2, 0.25) is 0 Å². The fourth-order valence-electron chi connectivity index (χ4n) is 2.80. The Bertz CT molecular complexity index is 640. The first-order valence-corrected chi connectivity index (χ1v) is 9.39. The standard InChI is InChI=1S/C16H23NO4S/c1-12(14-4-5-14)11-22(18,19)17(2)10-13-3-6-15-16(9-13)21-8-7-20-15/h3,6,9,12,14H,4-5,7-8,10-11H2,1-2H3. The molecule has 1 aromatic rings. The number of sulfonamides is 1. The average molecular weight is 325 g/mol. The number of hydrogen-bond acceptors (Lipinski definition) is 4. The molecule has 1 aliphatic carbocycles. The fourth-order valence-corrected chi connectivity index (χ4v) is 4.34. The molecule has 5 nitrogen and oxygen atoms in total. The van der Waals surface area contributed by atoms with E-state index in [4.69, 9.17) is 9.47 Å². The quantitative estimate of drug-likeness (QED) is 0.805. The average Bonchev–Trinajstić information content (AvgIpc) is 3.31. The van der Waals surface area contributed by atoms with Gasteiger partial charge in [-0.25, -0.2) is 12.7 Å². The predicted molar refractivity (Wildman–Crippen MR) is 84.6 cm³/mol. The van der Waals surface area contributed by atoms with E-state index in [0.717, 1.165) is 11.3 Å². The summed E-state index contributed by atoms with van der Waals surface area (Å²) in [6, 6.07) is 5.60. The summed E-state index contributed by atoms with van der Waals surface area (Å²) >= 11 is 0. The van der Waals surface area contributed by atoms with Gasteiger partial charge in [0.25, 0.3) is 0 Å². The summed E-state index contributed by atoms with van der Waals surface area (Å²) in [5, 5.41) is 0. The van der Waals surface area contributed by atoms with Crippen molar-refractivity contribution in [2.45, 2.75) is 26.3 Å². The van der Waals surface area contributed by atoms with Crippen LogP contribution in [0.1, 0.15) is 25.3 Å². The highest BCUT2D eigenvalue weighted by atomic mass is 32.2. The third-order valence-electron chi connectivity index (χ3n) is 4.39. The lowest BCUT2D eigenvalue weighted by Crippen LogP contribution is -2.31. The van der Waals surface area contributed by atoms with Crippen LogP contribution in [0.3, 0.4) is 0 Å². The summed E-state index contributed by atoms with van der Waals surface area (Å²) in [7, 11) is -1.58. The highest BCUT2D eigenvalue weighted by Gasteiger charge is 2.32. The number of hydrogen-bond donors (Lipinski definition) is 0. The maximum atomic E-state index is 12.4. The van der Waals surface area contributed by atoms with Crippen LogP contribution in [-0.4, -0.2) is 38.7 Å². The van der Waals surface area contributed by atoms with Crippen molar-refractivity contribution in [2.75, 3.05) is 26.0 Å². The molecule has 0 N–H and O–H groups in total. The van der Waals surface area contributed by atoms with Crippen LogP contribution >= 0.6 is 0 Å². The van der Waals surface area contributed by atoms with Gasteiger partial charge in [0.1, 0.15) is 13.2 Å². The van der Waals surface area contributed by atoms with Gasteiger partial charge in [-0.2, -0.15) is 0 Å². The van der Waals surface area contributed by atoms with Gasteiger partial charge in [0.2, 0.25) is 10.0 Å². The molecule has 0 amide bonds. The second-order valence-corrected chi connectivity index (χ2v) is 8.45. The van der Waals surface area contributed by atoms with E-state index in [-0.39, 0.29) is 11.7 Å². The lowest BCUT2D eigenvalue weighted by Gasteiger charge is -2.22. The SMILES string of the molecule is CC(CS(=O)(=O)N(C)Cc1ccc2c(c1)OCCO2)C1CC1. The molecule has 1 fully saturated rings. The first kappa shape index (κ1) is 15.6. The maximum Gasteiger partial charge on any atom is 0.214 e. The fraction of sp³-hybridized carbons (Fsp3) is 0.625. The van der Waals surface area contributed by atoms with E-state index in [1.165, 1.54) is 17.1 Å². The summed E-state index contributed by atoms with van der Waals surface area (Å²) in [5.41, 5.74) is 0.911. The van der Waals surface area contributed by atoms with Crippen LogP contribution in [0.5, 0.6) is 11.5 Å². The predicted octanol–water partition coefficient (Wildman–Crippen LogP) is 2.27. The molecule has 122 valence electrons. The van der Waals surface area contributed by atoms with Crippen LogP contribution in [0.15, 0.2) is 18.2 Å². The largest absolute Gasteiger partial charge is 0.486 e. The highest BCUT2D eigenvalue weighted by Crippen LogP contribution is 2.37. The monoisotopic (exact) mass is 325 g/mol. The zero-order chi connectivity index (χ0) is 15.7. The van der Waals surface area contributed by atoms with Gasteiger partial charge in [0, 0.05) is 13.6 Å². The topological polar surface area (TPSA) is 55.8 Å². The first-order valence-electron chi connectivity index (χ1n) is 7.78. The Kier molecular flexibility index (Phi) is 4.32. The second-order valence-electron chi connectivity index (χ2n) is 6.33. The van der Waals surface area contributed by atoms with Crippen molar-refractivity contribution in [3.8, 4) is 11.5 Å². The zero-order valence-corrected chi connectivity index (χ0v) is 13.9. The number of nitrogens with zero attached hydrogens (tertiary/aromatic N) is 1. The molecule has 2 aliphatic rings. The van der Waals surface area contributed by atoms with Crippen molar-refractivity contribution in [3.05, 3.63) is 23.8 Å². The van der Waals surface area contributed by atoms with Gasteiger partial charge in [-0.1, -0.05) is 13.0 Å². The van der Waals surface area contributed by atoms with E-state index in [0.29, 0.717) is 31.4 Å². The molecule has 6 heteroatoms. The van der Waals surface area contributed by atoms with E-state index in [1.807, 2.05) is 25.1 Å². The van der Waals surface area contributed by atoms with E-state index in [2.05, 4.69) is 0 Å². The van der Waals surface area contributed by atoms with Crippen LogP contribution in [-0.2, 0) is 16.6 Å². The molecule has 1 aromatic carbocycles. The molecule has 0 spiro atoms. The number of benzene rings is 1. The Labute approximate surface area is 132 Å². The van der Waals surface area contributed by atoms with Crippen molar-refractivity contribution < 1.29 is 17.9 Å². The van der Waals surface area contributed by atoms with Gasteiger partial charge in [0.15, 0.2) is 11.5 Å². The summed E-state index contributed by atoms with van der Waals surface area (Å²) in [6.07, 6.45) is 2.34. The van der Waals surface area contributed by atoms with E-state index in [1.54, 1.807) is 7.05 Å². The van der Waals surface area contributed by atoms with Crippen molar-refractivity contribution in [3.63, 3.8) is 0 Å². The highest BCUT2D eigenvalue weighted by molar-refractivity contribution is 7.89. The van der Waals surface area contributed by atoms with Gasteiger partial charge in [-0.3, -0.25) is 0 Å². The lowest BCUT2D eigenvalue weighted by molar-refractivity contribution is 0.171. The van der Waals surface area contributed by atoms with Gasteiger partial charge in [-0.05, 0) is 42.4 Å². The summed E-state index contributed by atoms with van der Waals surface area (Å²) < 4.78 is 37.3. The van der Waals surface area contributed by atoms with Gasteiger partial charge >= 0.3 is 0 Å². The van der Waals surface area contributed by atoms with Crippen LogP contribution < -0.4 is 9.47 Å². The molecule has 0 radical (unpaired) electrons. The molecule has 1 saturated carbocycles. The van der Waals surface area contributed by atoms with Crippen LogP contribution in [0.25, 0.3) is 0 Å². The Hall–Kier alpha value is -1.27. The molecule has 1 unspecified atom stereocenters. The second kappa shape index (κ2) is 6.08. The van der Waals surface area contributed by atoms with Gasteiger partial charge in [-0.15, -0.1) is 0 Å². The van der Waals surface area contributed by atoms with Crippen molar-refractivity contribution in [1.29, 1.82) is 0 Å². The smallest absolute Gasteiger partial charge is 0.214 e. The van der Waals surface area contributed by atoms with Crippen molar-refractivity contribution >= 4 is 10.0 Å². The van der Waals surface area contributed by atoms with Crippen LogP contribution in [0.4, 0.5) is 0 Å². The lowest BCUT2D eigenvalue weighted by atomic mass is 10.1. The third kappa shape index (κ3) is 3.55. The summed E-state index contributed by atoms with van der Waals surface area (Å²) in [4.78, 5) is 0. The number of ether oxygens (including phenoxy) is 2. The normalized spacial score (nSPS) is 19.2. The number of fused-ring (bicyclic) bond motifs is 1. The molecular formula is C16H23NO4S. The minimum atomic E-state index is -3.22. The molecule has 3 rings (SSSR count). The molecule has 1 atom stereocenters. The Morgan fingerprint density at radius 2 is 1.91 bits per heavy atom. The molecule has 0 bridgehead atoms. The van der Waals surface area contributed by atoms with E-state index in [9.17, 15) is 8.42 Å². The van der Waals surface area contributed by atoms with Crippen LogP contribution in [0, 0.1) is 11.8 Å². The Morgan fingerprint density at radius 1 is 1.23 bits per heavy atom. The Balaban J connectivity index is 1.66. The maximum absolute atomic E-state index is 12.4. The minimum Gasteiger partial charge on any atom is -0.486 e. The summed E-state index contributed by atoms with van der Waals surface area (Å²) in [5.74, 6) is 2.49. The molecular weight excluding hydrogens is 302 g/mol. The van der Waals surface area contributed by atoms with Gasteiger partial charge in [0.05, 0.1) is 5.75 Å².